The molecule has 9 nitrogen and oxygen atoms in total. The molecule has 0 saturated heterocycles. The summed E-state index contributed by atoms with van der Waals surface area (Å²) >= 11 is 6.91. The second kappa shape index (κ2) is 8.36. The quantitative estimate of drug-likeness (QED) is 0.369. The number of thioether (sulfide) groups is 1. The van der Waals surface area contributed by atoms with Crippen LogP contribution in [-0.4, -0.2) is 36.8 Å². The standard InChI is InChI=1S/C17H15ClN6O3S/c1-10-4-3-5-14(11(10)2)23-17(20-21-22-23)28-9-16(25)19-13-7-6-12(18)8-15(13)24(26)27/h3-8H,9H2,1-2H3,(H,19,25). The molecule has 0 unspecified atom stereocenters. The Kier molecular flexibility index (Phi) is 5.90. The molecule has 1 aromatic heterocycles. The first-order chi connectivity index (χ1) is 13.4. The number of nitro benzene ring substituents is 1. The Labute approximate surface area is 169 Å². The predicted octanol–water partition coefficient (Wildman–Crippen LogP) is 3.57. The Morgan fingerprint density at radius 3 is 2.86 bits per heavy atom. The number of nitrogens with zero attached hydrogens (tertiary/aromatic N) is 5. The molecule has 0 aliphatic heterocycles. The lowest BCUT2D eigenvalue weighted by Gasteiger charge is -2.09. The molecular weight excluding hydrogens is 404 g/mol. The van der Waals surface area contributed by atoms with Crippen molar-refractivity contribution in [2.45, 2.75) is 19.0 Å². The van der Waals surface area contributed by atoms with Crippen LogP contribution in [0.4, 0.5) is 11.4 Å². The van der Waals surface area contributed by atoms with Crippen molar-refractivity contribution in [1.82, 2.24) is 20.2 Å². The van der Waals surface area contributed by atoms with Gasteiger partial charge >= 0.3 is 0 Å². The topological polar surface area (TPSA) is 116 Å². The van der Waals surface area contributed by atoms with Gasteiger partial charge in [-0.3, -0.25) is 14.9 Å². The number of carbonyl (C=O) groups excluding carboxylic acids is 1. The molecule has 11 heteroatoms. The largest absolute Gasteiger partial charge is 0.320 e. The fraction of sp³-hybridized carbons (Fsp3) is 0.176. The third-order valence-corrected chi connectivity index (χ3v) is 5.16. The summed E-state index contributed by atoms with van der Waals surface area (Å²) in [5.74, 6) is -0.448. The molecule has 0 bridgehead atoms. The van der Waals surface area contributed by atoms with Crippen LogP contribution in [0, 0.1) is 24.0 Å². The van der Waals surface area contributed by atoms with E-state index in [1.165, 1.54) is 18.2 Å². The lowest BCUT2D eigenvalue weighted by atomic mass is 10.1. The molecule has 0 spiro atoms. The first kappa shape index (κ1) is 19.8. The number of amides is 1. The summed E-state index contributed by atoms with van der Waals surface area (Å²) < 4.78 is 1.56. The molecule has 1 heterocycles. The van der Waals surface area contributed by atoms with Crippen LogP contribution in [0.25, 0.3) is 5.69 Å². The van der Waals surface area contributed by atoms with Crippen molar-refractivity contribution in [1.29, 1.82) is 0 Å². The van der Waals surface area contributed by atoms with E-state index in [-0.39, 0.29) is 22.2 Å². The molecule has 1 amide bonds. The van der Waals surface area contributed by atoms with Crippen LogP contribution in [0.15, 0.2) is 41.6 Å². The van der Waals surface area contributed by atoms with Crippen molar-refractivity contribution < 1.29 is 9.72 Å². The summed E-state index contributed by atoms with van der Waals surface area (Å²) in [6.07, 6.45) is 0. The fourth-order valence-electron chi connectivity index (χ4n) is 2.46. The van der Waals surface area contributed by atoms with E-state index >= 15 is 0 Å². The smallest absolute Gasteiger partial charge is 0.294 e. The van der Waals surface area contributed by atoms with Crippen LogP contribution in [-0.2, 0) is 4.79 Å². The van der Waals surface area contributed by atoms with Crippen LogP contribution < -0.4 is 5.32 Å². The average Bonchev–Trinajstić information content (AvgIpc) is 3.12. The first-order valence-corrected chi connectivity index (χ1v) is 9.44. The van der Waals surface area contributed by atoms with Gasteiger partial charge < -0.3 is 5.32 Å². The van der Waals surface area contributed by atoms with Gasteiger partial charge in [0.05, 0.1) is 16.4 Å². The van der Waals surface area contributed by atoms with Gasteiger partial charge in [-0.1, -0.05) is 35.5 Å². The first-order valence-electron chi connectivity index (χ1n) is 8.08. The van der Waals surface area contributed by atoms with E-state index in [9.17, 15) is 14.9 Å². The number of rotatable bonds is 6. The maximum atomic E-state index is 12.3. The number of nitrogens with one attached hydrogen (secondary N) is 1. The van der Waals surface area contributed by atoms with E-state index in [1.54, 1.807) is 4.68 Å². The molecule has 1 N–H and O–H groups in total. The Morgan fingerprint density at radius 2 is 2.11 bits per heavy atom. The Bertz CT molecular complexity index is 1060. The third-order valence-electron chi connectivity index (χ3n) is 4.01. The Balaban J connectivity index is 1.73. The zero-order valence-corrected chi connectivity index (χ0v) is 16.5. The van der Waals surface area contributed by atoms with Gasteiger partial charge in [0.25, 0.3) is 5.69 Å². The molecular formula is C17H15ClN6O3S. The number of nitro groups is 1. The number of halogens is 1. The van der Waals surface area contributed by atoms with Crippen LogP contribution in [0.1, 0.15) is 11.1 Å². The van der Waals surface area contributed by atoms with Crippen molar-refractivity contribution >= 4 is 40.6 Å². The van der Waals surface area contributed by atoms with E-state index in [4.69, 9.17) is 11.6 Å². The number of aryl methyl sites for hydroxylation is 1. The molecule has 3 aromatic rings. The molecule has 0 aliphatic rings. The minimum Gasteiger partial charge on any atom is -0.320 e. The summed E-state index contributed by atoms with van der Waals surface area (Å²) in [5.41, 5.74) is 2.75. The van der Waals surface area contributed by atoms with Gasteiger partial charge in [0.15, 0.2) is 0 Å². The van der Waals surface area contributed by atoms with Crippen LogP contribution in [0.2, 0.25) is 5.02 Å². The molecule has 3 rings (SSSR count). The van der Waals surface area contributed by atoms with E-state index in [0.717, 1.165) is 28.6 Å². The van der Waals surface area contributed by atoms with Crippen molar-refractivity contribution in [3.8, 4) is 5.69 Å². The van der Waals surface area contributed by atoms with Gasteiger partial charge in [-0.15, -0.1) is 5.10 Å². The minimum atomic E-state index is -0.601. The van der Waals surface area contributed by atoms with Gasteiger partial charge in [0.1, 0.15) is 5.69 Å². The normalized spacial score (nSPS) is 10.7. The molecule has 0 atom stereocenters. The monoisotopic (exact) mass is 418 g/mol. The molecule has 0 aliphatic carbocycles. The Hall–Kier alpha value is -2.98. The summed E-state index contributed by atoms with van der Waals surface area (Å²) in [6, 6.07) is 9.83. The molecule has 28 heavy (non-hydrogen) atoms. The maximum absolute atomic E-state index is 12.3. The van der Waals surface area contributed by atoms with Crippen molar-refractivity contribution in [2.24, 2.45) is 0 Å². The minimum absolute atomic E-state index is 0.0228. The highest BCUT2D eigenvalue weighted by Gasteiger charge is 2.18. The van der Waals surface area contributed by atoms with E-state index in [1.807, 2.05) is 32.0 Å². The number of hydrogen-bond acceptors (Lipinski definition) is 7. The fourth-order valence-corrected chi connectivity index (χ4v) is 3.31. The SMILES string of the molecule is Cc1cccc(-n2nnnc2SCC(=O)Nc2ccc(Cl)cc2[N+](=O)[O-])c1C. The van der Waals surface area contributed by atoms with Gasteiger partial charge in [0.2, 0.25) is 11.1 Å². The van der Waals surface area contributed by atoms with Gasteiger partial charge in [-0.25, -0.2) is 0 Å². The lowest BCUT2D eigenvalue weighted by molar-refractivity contribution is -0.383. The number of carbonyl (C=O) groups is 1. The zero-order valence-electron chi connectivity index (χ0n) is 14.9. The number of anilines is 1. The highest BCUT2D eigenvalue weighted by molar-refractivity contribution is 7.99. The predicted molar refractivity (Wildman–Crippen MR) is 106 cm³/mol. The average molecular weight is 419 g/mol. The van der Waals surface area contributed by atoms with Crippen molar-refractivity contribution in [3.63, 3.8) is 0 Å². The molecule has 0 radical (unpaired) electrons. The van der Waals surface area contributed by atoms with E-state index < -0.39 is 10.8 Å². The maximum Gasteiger partial charge on any atom is 0.294 e. The van der Waals surface area contributed by atoms with Crippen LogP contribution in [0.3, 0.4) is 0 Å². The molecule has 0 fully saturated rings. The highest BCUT2D eigenvalue weighted by Crippen LogP contribution is 2.28. The summed E-state index contributed by atoms with van der Waals surface area (Å²) in [6.45, 7) is 3.95. The van der Waals surface area contributed by atoms with Crippen molar-refractivity contribution in [3.05, 3.63) is 62.7 Å². The third kappa shape index (κ3) is 4.29. The summed E-state index contributed by atoms with van der Waals surface area (Å²) in [4.78, 5) is 22.8. The van der Waals surface area contributed by atoms with E-state index in [2.05, 4.69) is 20.8 Å². The summed E-state index contributed by atoms with van der Waals surface area (Å²) in [5, 5.41) is 25.9. The molecule has 0 saturated carbocycles. The zero-order chi connectivity index (χ0) is 20.3. The number of tetrazole rings is 1. The van der Waals surface area contributed by atoms with E-state index in [0.29, 0.717) is 5.16 Å². The van der Waals surface area contributed by atoms with Gasteiger partial charge in [-0.2, -0.15) is 4.68 Å². The van der Waals surface area contributed by atoms with Gasteiger partial charge in [-0.05, 0) is 53.6 Å². The summed E-state index contributed by atoms with van der Waals surface area (Å²) in [7, 11) is 0. The molecule has 2 aromatic carbocycles. The molecule has 144 valence electrons. The Morgan fingerprint density at radius 1 is 1.32 bits per heavy atom. The van der Waals surface area contributed by atoms with Crippen LogP contribution >= 0.6 is 23.4 Å². The van der Waals surface area contributed by atoms with Crippen molar-refractivity contribution in [2.75, 3.05) is 11.1 Å². The second-order valence-corrected chi connectivity index (χ2v) is 7.23. The highest BCUT2D eigenvalue weighted by atomic mass is 35.5. The number of benzene rings is 2. The van der Waals surface area contributed by atoms with Gasteiger partial charge in [0, 0.05) is 11.1 Å². The van der Waals surface area contributed by atoms with Crippen LogP contribution in [0.5, 0.6) is 0 Å². The number of hydrogen-bond donors (Lipinski definition) is 1. The lowest BCUT2D eigenvalue weighted by Crippen LogP contribution is -2.15. The number of aromatic nitrogens is 4. The second-order valence-electron chi connectivity index (χ2n) is 5.85.